The van der Waals surface area contributed by atoms with E-state index in [0.717, 1.165) is 23.4 Å². The van der Waals surface area contributed by atoms with Gasteiger partial charge >= 0.3 is 0 Å². The SMILES string of the molecule is CCN(CC)S(=O)(=O)c1ccc2c(c1)CCCN2C(=O)C1CC(=O)N(c2ccc(OC)cc2)C1. The highest BCUT2D eigenvalue weighted by molar-refractivity contribution is 7.89. The largest absolute Gasteiger partial charge is 0.497 e. The number of methoxy groups -OCH3 is 1. The molecule has 1 saturated heterocycles. The monoisotopic (exact) mass is 485 g/mol. The Morgan fingerprint density at radius 1 is 1.12 bits per heavy atom. The maximum Gasteiger partial charge on any atom is 0.243 e. The van der Waals surface area contributed by atoms with Crippen LogP contribution >= 0.6 is 0 Å². The van der Waals surface area contributed by atoms with Crippen LogP contribution in [0.4, 0.5) is 11.4 Å². The first-order valence-electron chi connectivity index (χ1n) is 11.7. The number of amides is 2. The van der Waals surface area contributed by atoms with Gasteiger partial charge in [0.15, 0.2) is 0 Å². The smallest absolute Gasteiger partial charge is 0.243 e. The van der Waals surface area contributed by atoms with Crippen molar-refractivity contribution in [1.29, 1.82) is 0 Å². The van der Waals surface area contributed by atoms with Crippen molar-refractivity contribution in [3.63, 3.8) is 0 Å². The van der Waals surface area contributed by atoms with E-state index in [-0.39, 0.29) is 23.1 Å². The van der Waals surface area contributed by atoms with Crippen molar-refractivity contribution in [1.82, 2.24) is 4.31 Å². The molecule has 182 valence electrons. The highest BCUT2D eigenvalue weighted by Crippen LogP contribution is 2.34. The predicted molar refractivity (Wildman–Crippen MR) is 131 cm³/mol. The van der Waals surface area contributed by atoms with E-state index in [1.54, 1.807) is 47.2 Å². The summed E-state index contributed by atoms with van der Waals surface area (Å²) in [7, 11) is -1.98. The Hall–Kier alpha value is -2.91. The maximum absolute atomic E-state index is 13.5. The molecule has 1 unspecified atom stereocenters. The summed E-state index contributed by atoms with van der Waals surface area (Å²) in [4.78, 5) is 29.8. The van der Waals surface area contributed by atoms with Crippen LogP contribution in [0.25, 0.3) is 0 Å². The zero-order valence-electron chi connectivity index (χ0n) is 19.9. The number of anilines is 2. The molecule has 4 rings (SSSR count). The Morgan fingerprint density at radius 2 is 1.82 bits per heavy atom. The molecule has 34 heavy (non-hydrogen) atoms. The summed E-state index contributed by atoms with van der Waals surface area (Å²) in [5.74, 6) is 0.0843. The van der Waals surface area contributed by atoms with E-state index >= 15 is 0 Å². The number of aryl methyl sites for hydroxylation is 1. The number of benzene rings is 2. The number of carbonyl (C=O) groups excluding carboxylic acids is 2. The maximum atomic E-state index is 13.5. The Labute approximate surface area is 201 Å². The molecule has 0 spiro atoms. The van der Waals surface area contributed by atoms with Crippen LogP contribution in [0.15, 0.2) is 47.4 Å². The Bertz CT molecular complexity index is 1180. The minimum Gasteiger partial charge on any atom is -0.497 e. The van der Waals surface area contributed by atoms with Gasteiger partial charge in [0, 0.05) is 44.0 Å². The van der Waals surface area contributed by atoms with Crippen molar-refractivity contribution in [2.45, 2.75) is 38.0 Å². The molecule has 1 fully saturated rings. The van der Waals surface area contributed by atoms with Gasteiger partial charge in [0.25, 0.3) is 0 Å². The molecule has 2 amide bonds. The fourth-order valence-corrected chi connectivity index (χ4v) is 6.29. The molecule has 2 aromatic carbocycles. The van der Waals surface area contributed by atoms with Gasteiger partial charge in [-0.1, -0.05) is 13.8 Å². The fraction of sp³-hybridized carbons (Fsp3) is 0.440. The molecule has 2 heterocycles. The van der Waals surface area contributed by atoms with Gasteiger partial charge in [-0.15, -0.1) is 0 Å². The molecule has 0 N–H and O–H groups in total. The van der Waals surface area contributed by atoms with Crippen LogP contribution < -0.4 is 14.5 Å². The Kier molecular flexibility index (Phi) is 6.95. The molecule has 2 aliphatic heterocycles. The van der Waals surface area contributed by atoms with Gasteiger partial charge in [-0.3, -0.25) is 9.59 Å². The molecule has 0 radical (unpaired) electrons. The zero-order valence-corrected chi connectivity index (χ0v) is 20.7. The molecule has 0 saturated carbocycles. The van der Waals surface area contributed by atoms with Crippen LogP contribution in [0, 0.1) is 5.92 Å². The van der Waals surface area contributed by atoms with E-state index in [9.17, 15) is 18.0 Å². The molecule has 2 aromatic rings. The molecule has 0 aliphatic carbocycles. The summed E-state index contributed by atoms with van der Waals surface area (Å²) < 4.78 is 32.5. The summed E-state index contributed by atoms with van der Waals surface area (Å²) >= 11 is 0. The summed E-state index contributed by atoms with van der Waals surface area (Å²) in [5, 5.41) is 0. The van der Waals surface area contributed by atoms with E-state index in [2.05, 4.69) is 0 Å². The minimum absolute atomic E-state index is 0.0820. The highest BCUT2D eigenvalue weighted by Gasteiger charge is 2.38. The third-order valence-corrected chi connectivity index (χ3v) is 8.68. The van der Waals surface area contributed by atoms with Crippen molar-refractivity contribution < 1.29 is 22.7 Å². The van der Waals surface area contributed by atoms with E-state index in [1.165, 1.54) is 4.31 Å². The third-order valence-electron chi connectivity index (χ3n) is 6.64. The van der Waals surface area contributed by atoms with Crippen molar-refractivity contribution in [2.75, 3.05) is 43.1 Å². The fourth-order valence-electron chi connectivity index (χ4n) is 4.78. The van der Waals surface area contributed by atoms with Crippen LogP contribution in [0.5, 0.6) is 5.75 Å². The number of rotatable bonds is 7. The third kappa shape index (κ3) is 4.42. The molecule has 0 aromatic heterocycles. The lowest BCUT2D eigenvalue weighted by Gasteiger charge is -2.32. The van der Waals surface area contributed by atoms with E-state index < -0.39 is 15.9 Å². The first-order valence-corrected chi connectivity index (χ1v) is 13.1. The van der Waals surface area contributed by atoms with Gasteiger partial charge in [0.2, 0.25) is 21.8 Å². The summed E-state index contributed by atoms with van der Waals surface area (Å²) in [6.45, 7) is 5.32. The number of hydrogen-bond donors (Lipinski definition) is 0. The van der Waals surface area contributed by atoms with E-state index in [1.807, 2.05) is 26.0 Å². The Balaban J connectivity index is 1.55. The Morgan fingerprint density at radius 3 is 2.47 bits per heavy atom. The summed E-state index contributed by atoms with van der Waals surface area (Å²) in [5.41, 5.74) is 2.33. The minimum atomic E-state index is -3.57. The lowest BCUT2D eigenvalue weighted by molar-refractivity contribution is -0.124. The topological polar surface area (TPSA) is 87.2 Å². The van der Waals surface area contributed by atoms with Crippen molar-refractivity contribution in [3.8, 4) is 5.75 Å². The summed E-state index contributed by atoms with van der Waals surface area (Å²) in [6, 6.07) is 12.2. The standard InChI is InChI=1S/C25H31N3O5S/c1-4-26(5-2)34(31,32)22-12-13-23-18(15-22)7-6-14-27(23)25(30)19-16-24(29)28(17-19)20-8-10-21(33-3)11-9-20/h8-13,15,19H,4-7,14,16-17H2,1-3H3. The number of carbonyl (C=O) groups is 2. The van der Waals surface area contributed by atoms with Gasteiger partial charge in [0.1, 0.15) is 5.75 Å². The lowest BCUT2D eigenvalue weighted by atomic mass is 9.99. The van der Waals surface area contributed by atoms with Crippen molar-refractivity contribution in [2.24, 2.45) is 5.92 Å². The normalized spacial score (nSPS) is 18.4. The molecule has 0 bridgehead atoms. The van der Waals surface area contributed by atoms with Gasteiger partial charge in [-0.05, 0) is 60.9 Å². The summed E-state index contributed by atoms with van der Waals surface area (Å²) in [6.07, 6.45) is 1.61. The van der Waals surface area contributed by atoms with Crippen LogP contribution in [-0.4, -0.2) is 57.8 Å². The van der Waals surface area contributed by atoms with Gasteiger partial charge in [-0.25, -0.2) is 8.42 Å². The number of sulfonamides is 1. The van der Waals surface area contributed by atoms with Crippen molar-refractivity contribution in [3.05, 3.63) is 48.0 Å². The average Bonchev–Trinajstić information content (AvgIpc) is 3.25. The molecular formula is C25H31N3O5S. The second kappa shape index (κ2) is 9.76. The van der Waals surface area contributed by atoms with Crippen LogP contribution in [0.2, 0.25) is 0 Å². The molecule has 8 nitrogen and oxygen atoms in total. The number of ether oxygens (including phenoxy) is 1. The zero-order chi connectivity index (χ0) is 24.5. The molecule has 1 atom stereocenters. The second-order valence-corrected chi connectivity index (χ2v) is 10.5. The average molecular weight is 486 g/mol. The number of fused-ring (bicyclic) bond motifs is 1. The van der Waals surface area contributed by atoms with Crippen LogP contribution in [0.1, 0.15) is 32.3 Å². The van der Waals surface area contributed by atoms with E-state index in [4.69, 9.17) is 4.74 Å². The highest BCUT2D eigenvalue weighted by atomic mass is 32.2. The molecule has 2 aliphatic rings. The van der Waals surface area contributed by atoms with Crippen LogP contribution in [-0.2, 0) is 26.0 Å². The lowest BCUT2D eigenvalue weighted by Crippen LogP contribution is -2.40. The number of nitrogens with zero attached hydrogens (tertiary/aromatic N) is 3. The first kappa shape index (κ1) is 24.2. The first-order chi connectivity index (χ1) is 16.3. The van der Waals surface area contributed by atoms with Gasteiger partial charge in [-0.2, -0.15) is 4.31 Å². The van der Waals surface area contributed by atoms with Gasteiger partial charge < -0.3 is 14.5 Å². The van der Waals surface area contributed by atoms with Crippen molar-refractivity contribution >= 4 is 33.2 Å². The second-order valence-electron chi connectivity index (χ2n) is 8.58. The molecular weight excluding hydrogens is 454 g/mol. The van der Waals surface area contributed by atoms with Gasteiger partial charge in [0.05, 0.1) is 17.9 Å². The van der Waals surface area contributed by atoms with E-state index in [0.29, 0.717) is 38.3 Å². The molecule has 9 heteroatoms. The number of hydrogen-bond acceptors (Lipinski definition) is 5. The van der Waals surface area contributed by atoms with Crippen LogP contribution in [0.3, 0.4) is 0 Å². The quantitative estimate of drug-likeness (QED) is 0.602. The predicted octanol–water partition coefficient (Wildman–Crippen LogP) is 3.06.